The van der Waals surface area contributed by atoms with Gasteiger partial charge in [-0.15, -0.1) is 0 Å². The van der Waals surface area contributed by atoms with Gasteiger partial charge in [0.1, 0.15) is 5.78 Å². The molecular weight excluding hydrogens is 172 g/mol. The maximum Gasteiger partial charge on any atom is 0.137 e. The van der Waals surface area contributed by atoms with Crippen molar-refractivity contribution in [2.75, 3.05) is 0 Å². The normalized spacial score (nSPS) is 17.1. The quantitative estimate of drug-likeness (QED) is 0.612. The van der Waals surface area contributed by atoms with Crippen LogP contribution in [0, 0.1) is 6.92 Å². The van der Waals surface area contributed by atoms with E-state index in [1.54, 1.807) is 0 Å². The number of aryl methyl sites for hydroxylation is 2. The van der Waals surface area contributed by atoms with Gasteiger partial charge in [-0.25, -0.2) is 0 Å². The standard InChI is InChI=1S/C13H16O/c1-10-6-7-12-9-13(14)5-3-2-4-11(12)8-10/h6-8H,2-5,9H2,1H3. The van der Waals surface area contributed by atoms with Crippen molar-refractivity contribution >= 4 is 5.78 Å². The molecule has 1 aromatic carbocycles. The third kappa shape index (κ3) is 2.03. The minimum Gasteiger partial charge on any atom is -0.299 e. The third-order valence-corrected chi connectivity index (χ3v) is 2.90. The van der Waals surface area contributed by atoms with Crippen molar-refractivity contribution in [1.29, 1.82) is 0 Å². The summed E-state index contributed by atoms with van der Waals surface area (Å²) < 4.78 is 0. The van der Waals surface area contributed by atoms with Gasteiger partial charge in [0.25, 0.3) is 0 Å². The van der Waals surface area contributed by atoms with Crippen molar-refractivity contribution < 1.29 is 4.79 Å². The molecule has 1 aliphatic carbocycles. The average molecular weight is 188 g/mol. The zero-order valence-corrected chi connectivity index (χ0v) is 8.68. The molecule has 0 saturated heterocycles. The van der Waals surface area contributed by atoms with E-state index in [9.17, 15) is 4.79 Å². The van der Waals surface area contributed by atoms with Crippen LogP contribution < -0.4 is 0 Å². The monoisotopic (exact) mass is 188 g/mol. The fourth-order valence-corrected chi connectivity index (χ4v) is 2.10. The first-order chi connectivity index (χ1) is 6.75. The van der Waals surface area contributed by atoms with E-state index in [0.717, 1.165) is 25.7 Å². The topological polar surface area (TPSA) is 17.1 Å². The van der Waals surface area contributed by atoms with Crippen molar-refractivity contribution in [3.8, 4) is 0 Å². The number of ketones is 1. The molecule has 1 aliphatic rings. The molecule has 0 aliphatic heterocycles. The van der Waals surface area contributed by atoms with Gasteiger partial charge in [-0.1, -0.05) is 23.8 Å². The van der Waals surface area contributed by atoms with Crippen LogP contribution in [0.15, 0.2) is 18.2 Å². The summed E-state index contributed by atoms with van der Waals surface area (Å²) in [6, 6.07) is 6.45. The summed E-state index contributed by atoms with van der Waals surface area (Å²) in [6.45, 7) is 2.11. The molecule has 1 heteroatoms. The molecule has 0 spiro atoms. The van der Waals surface area contributed by atoms with Crippen LogP contribution in [0.2, 0.25) is 0 Å². The summed E-state index contributed by atoms with van der Waals surface area (Å²) in [5.74, 6) is 0.398. The smallest absolute Gasteiger partial charge is 0.137 e. The lowest BCUT2D eigenvalue weighted by molar-refractivity contribution is -0.118. The first-order valence-corrected chi connectivity index (χ1v) is 5.36. The van der Waals surface area contributed by atoms with Crippen LogP contribution in [0.25, 0.3) is 0 Å². The Morgan fingerprint density at radius 1 is 1.07 bits per heavy atom. The van der Waals surface area contributed by atoms with Crippen molar-refractivity contribution in [1.82, 2.24) is 0 Å². The molecule has 1 aromatic rings. The van der Waals surface area contributed by atoms with E-state index in [1.165, 1.54) is 16.7 Å². The van der Waals surface area contributed by atoms with Crippen LogP contribution >= 0.6 is 0 Å². The predicted octanol–water partition coefficient (Wildman–Crippen LogP) is 2.83. The molecule has 0 fully saturated rings. The SMILES string of the molecule is Cc1ccc2c(c1)CCCCC(=O)C2. The Labute approximate surface area is 85.1 Å². The Balaban J connectivity index is 2.34. The molecule has 2 rings (SSSR count). The first kappa shape index (κ1) is 9.45. The van der Waals surface area contributed by atoms with Gasteiger partial charge in [0.2, 0.25) is 0 Å². The Morgan fingerprint density at radius 2 is 1.86 bits per heavy atom. The minimum absolute atomic E-state index is 0.398. The van der Waals surface area contributed by atoms with E-state index in [0.29, 0.717) is 12.2 Å². The molecule has 0 aromatic heterocycles. The largest absolute Gasteiger partial charge is 0.299 e. The molecule has 1 nitrogen and oxygen atoms in total. The maximum atomic E-state index is 11.5. The summed E-state index contributed by atoms with van der Waals surface area (Å²) in [6.07, 6.45) is 4.78. The zero-order valence-electron chi connectivity index (χ0n) is 8.68. The Hall–Kier alpha value is -1.11. The van der Waals surface area contributed by atoms with Crippen molar-refractivity contribution in [3.63, 3.8) is 0 Å². The Kier molecular flexibility index (Phi) is 2.67. The fraction of sp³-hybridized carbons (Fsp3) is 0.462. The second-order valence-electron chi connectivity index (χ2n) is 4.19. The molecule has 14 heavy (non-hydrogen) atoms. The highest BCUT2D eigenvalue weighted by atomic mass is 16.1. The first-order valence-electron chi connectivity index (χ1n) is 5.36. The van der Waals surface area contributed by atoms with Gasteiger partial charge in [-0.3, -0.25) is 4.79 Å². The van der Waals surface area contributed by atoms with E-state index in [1.807, 2.05) is 0 Å². The van der Waals surface area contributed by atoms with Crippen molar-refractivity contribution in [3.05, 3.63) is 34.9 Å². The fourth-order valence-electron chi connectivity index (χ4n) is 2.10. The van der Waals surface area contributed by atoms with Crippen molar-refractivity contribution in [2.45, 2.75) is 39.0 Å². The van der Waals surface area contributed by atoms with Crippen LogP contribution in [0.3, 0.4) is 0 Å². The van der Waals surface area contributed by atoms with Gasteiger partial charge < -0.3 is 0 Å². The molecule has 0 N–H and O–H groups in total. The van der Waals surface area contributed by atoms with Crippen LogP contribution in [0.1, 0.15) is 36.0 Å². The van der Waals surface area contributed by atoms with Crippen molar-refractivity contribution in [2.24, 2.45) is 0 Å². The van der Waals surface area contributed by atoms with E-state index in [4.69, 9.17) is 0 Å². The number of carbonyl (C=O) groups is 1. The zero-order chi connectivity index (χ0) is 9.97. The van der Waals surface area contributed by atoms with E-state index >= 15 is 0 Å². The number of benzene rings is 1. The van der Waals surface area contributed by atoms with Gasteiger partial charge >= 0.3 is 0 Å². The van der Waals surface area contributed by atoms with Gasteiger partial charge in [-0.2, -0.15) is 0 Å². The summed E-state index contributed by atoms with van der Waals surface area (Å²) in [4.78, 5) is 11.5. The lowest BCUT2D eigenvalue weighted by Gasteiger charge is -2.13. The summed E-state index contributed by atoms with van der Waals surface area (Å²) in [7, 11) is 0. The second-order valence-corrected chi connectivity index (χ2v) is 4.19. The maximum absolute atomic E-state index is 11.5. The highest BCUT2D eigenvalue weighted by Crippen LogP contribution is 2.19. The summed E-state index contributed by atoms with van der Waals surface area (Å²) in [5, 5.41) is 0. The molecule has 0 radical (unpaired) electrons. The highest BCUT2D eigenvalue weighted by molar-refractivity contribution is 5.81. The number of rotatable bonds is 0. The summed E-state index contributed by atoms with van der Waals surface area (Å²) >= 11 is 0. The van der Waals surface area contributed by atoms with Crippen LogP contribution in [-0.2, 0) is 17.6 Å². The second kappa shape index (κ2) is 3.95. The molecule has 0 unspecified atom stereocenters. The van der Waals surface area contributed by atoms with Crippen LogP contribution in [-0.4, -0.2) is 5.78 Å². The summed E-state index contributed by atoms with van der Waals surface area (Å²) in [5.41, 5.74) is 3.94. The lowest BCUT2D eigenvalue weighted by Crippen LogP contribution is -2.09. The molecule has 0 amide bonds. The number of Topliss-reactive ketones (excluding diaryl/α,β-unsaturated/α-hetero) is 1. The Morgan fingerprint density at radius 3 is 2.71 bits per heavy atom. The lowest BCUT2D eigenvalue weighted by atomic mass is 9.92. The van der Waals surface area contributed by atoms with E-state index in [-0.39, 0.29) is 0 Å². The van der Waals surface area contributed by atoms with Crippen LogP contribution in [0.4, 0.5) is 0 Å². The number of hydrogen-bond acceptors (Lipinski definition) is 1. The molecule has 0 atom stereocenters. The molecular formula is C13H16O. The van der Waals surface area contributed by atoms with Gasteiger partial charge in [-0.05, 0) is 37.3 Å². The van der Waals surface area contributed by atoms with E-state index in [2.05, 4.69) is 25.1 Å². The van der Waals surface area contributed by atoms with E-state index < -0.39 is 0 Å². The number of fused-ring (bicyclic) bond motifs is 1. The van der Waals surface area contributed by atoms with Gasteiger partial charge in [0.05, 0.1) is 0 Å². The minimum atomic E-state index is 0.398. The molecule has 0 saturated carbocycles. The van der Waals surface area contributed by atoms with Gasteiger partial charge in [0, 0.05) is 12.8 Å². The predicted molar refractivity (Wildman–Crippen MR) is 57.4 cm³/mol. The molecule has 0 bridgehead atoms. The highest BCUT2D eigenvalue weighted by Gasteiger charge is 2.11. The van der Waals surface area contributed by atoms with Gasteiger partial charge in [0.15, 0.2) is 0 Å². The average Bonchev–Trinajstić information content (AvgIpc) is 2.13. The Bertz CT molecular complexity index is 352. The molecule has 0 heterocycles. The third-order valence-electron chi connectivity index (χ3n) is 2.90. The molecule has 74 valence electrons. The number of carbonyl (C=O) groups excluding carboxylic acids is 1. The number of hydrogen-bond donors (Lipinski definition) is 0. The van der Waals surface area contributed by atoms with Crippen LogP contribution in [0.5, 0.6) is 0 Å².